The Morgan fingerprint density at radius 3 is 2.07 bits per heavy atom. The van der Waals surface area contributed by atoms with E-state index >= 15 is 0 Å². The number of aryl methyl sites for hydroxylation is 1. The van der Waals surface area contributed by atoms with E-state index in [2.05, 4.69) is 15.6 Å². The number of benzene rings is 3. The van der Waals surface area contributed by atoms with Gasteiger partial charge in [-0.25, -0.2) is 4.99 Å². The van der Waals surface area contributed by atoms with E-state index in [1.165, 1.54) is 0 Å². The van der Waals surface area contributed by atoms with Gasteiger partial charge in [0.05, 0.1) is 27.0 Å². The van der Waals surface area contributed by atoms with Gasteiger partial charge in [-0.3, -0.25) is 0 Å². The molecule has 0 saturated heterocycles. The number of hydrogen-bond donors (Lipinski definition) is 0. The number of ether oxygens (including phenoxy) is 3. The minimum absolute atomic E-state index is 0.217. The van der Waals surface area contributed by atoms with Gasteiger partial charge in [-0.15, -0.1) is 0 Å². The van der Waals surface area contributed by atoms with Crippen molar-refractivity contribution in [2.45, 2.75) is 13.8 Å². The maximum absolute atomic E-state index is 10.3. The molecule has 0 unspecified atom stereocenters. The van der Waals surface area contributed by atoms with Crippen molar-refractivity contribution in [2.24, 2.45) is 4.99 Å². The molecule has 0 saturated carbocycles. The Bertz CT molecular complexity index is 1780. The molecule has 7 nitrogen and oxygen atoms in total. The molecule has 5 rings (SSSR count). The fraction of sp³-hybridized carbons (Fsp3) is 0.152. The van der Waals surface area contributed by atoms with Gasteiger partial charge in [0.2, 0.25) is 5.88 Å². The second kappa shape index (κ2) is 11.7. The van der Waals surface area contributed by atoms with E-state index in [0.717, 1.165) is 39.5 Å². The summed E-state index contributed by atoms with van der Waals surface area (Å²) < 4.78 is 24.6. The summed E-state index contributed by atoms with van der Waals surface area (Å²) in [6, 6.07) is 24.8. The van der Waals surface area contributed by atoms with E-state index in [4.69, 9.17) is 30.2 Å². The van der Waals surface area contributed by atoms with E-state index < -0.39 is 0 Å². The van der Waals surface area contributed by atoms with Gasteiger partial charge in [-0.1, -0.05) is 23.7 Å². The van der Waals surface area contributed by atoms with Crippen LogP contribution in [-0.2, 0) is 0 Å². The number of rotatable bonds is 8. The molecule has 3 aromatic carbocycles. The molecule has 206 valence electrons. The molecular formula is C33H28ClN3O4. The number of hydrogen-bond acceptors (Lipinski definition) is 6. The molecule has 0 aliphatic rings. The summed E-state index contributed by atoms with van der Waals surface area (Å²) in [7, 11) is 4.86. The van der Waals surface area contributed by atoms with Crippen molar-refractivity contribution in [2.75, 3.05) is 21.3 Å². The zero-order valence-electron chi connectivity index (χ0n) is 23.4. The normalized spacial score (nSPS) is 11.0. The number of furan rings is 1. The monoisotopic (exact) mass is 565 g/mol. The van der Waals surface area contributed by atoms with Gasteiger partial charge in [-0.05, 0) is 80.1 Å². The van der Waals surface area contributed by atoms with Crippen LogP contribution >= 0.6 is 11.6 Å². The van der Waals surface area contributed by atoms with Crippen LogP contribution in [0, 0.1) is 25.2 Å². The van der Waals surface area contributed by atoms with Crippen LogP contribution in [0.15, 0.2) is 82.2 Å². The Morgan fingerprint density at radius 1 is 0.854 bits per heavy atom. The molecule has 8 heteroatoms. The van der Waals surface area contributed by atoms with Gasteiger partial charge in [0.15, 0.2) is 0 Å². The predicted molar refractivity (Wildman–Crippen MR) is 161 cm³/mol. The average molecular weight is 566 g/mol. The minimum atomic E-state index is 0.217. The molecule has 0 amide bonds. The summed E-state index contributed by atoms with van der Waals surface area (Å²) in [6.45, 7) is 4.00. The van der Waals surface area contributed by atoms with Crippen molar-refractivity contribution < 1.29 is 18.6 Å². The molecular weight excluding hydrogens is 538 g/mol. The number of methoxy groups -OCH3 is 3. The third-order valence-corrected chi connectivity index (χ3v) is 7.14. The zero-order valence-corrected chi connectivity index (χ0v) is 24.1. The molecule has 0 aliphatic carbocycles. The lowest BCUT2D eigenvalue weighted by molar-refractivity contribution is 0.412. The first-order chi connectivity index (χ1) is 19.9. The van der Waals surface area contributed by atoms with Crippen LogP contribution in [-0.4, -0.2) is 32.1 Å². The second-order valence-electron chi connectivity index (χ2n) is 9.29. The molecule has 0 fully saturated rings. The van der Waals surface area contributed by atoms with Crippen molar-refractivity contribution in [3.63, 3.8) is 0 Å². The molecule has 0 spiro atoms. The third-order valence-electron chi connectivity index (χ3n) is 6.91. The van der Waals surface area contributed by atoms with Crippen molar-refractivity contribution >= 4 is 23.7 Å². The minimum Gasteiger partial charge on any atom is -0.497 e. The SMILES string of the molecule is COc1ccc(-c2oc(N=Cc3cc(C)n(-c4cc(Cl)ccc4OC)c3C)c(C#N)c2-c2ccc(OC)cc2)cc1. The largest absolute Gasteiger partial charge is 0.497 e. The Labute approximate surface area is 243 Å². The first-order valence-corrected chi connectivity index (χ1v) is 13.2. The van der Waals surface area contributed by atoms with Crippen LogP contribution in [0.4, 0.5) is 5.88 Å². The maximum Gasteiger partial charge on any atom is 0.238 e. The Hall–Kier alpha value is -4.93. The summed E-state index contributed by atoms with van der Waals surface area (Å²) in [5.41, 5.74) is 6.19. The van der Waals surface area contributed by atoms with Gasteiger partial charge in [0, 0.05) is 39.3 Å². The van der Waals surface area contributed by atoms with E-state index in [1.54, 1.807) is 33.6 Å². The summed E-state index contributed by atoms with van der Waals surface area (Å²) in [5.74, 6) is 2.89. The van der Waals surface area contributed by atoms with Crippen LogP contribution in [0.1, 0.15) is 22.5 Å². The lowest BCUT2D eigenvalue weighted by Gasteiger charge is -2.14. The molecule has 0 bridgehead atoms. The molecule has 0 N–H and O–H groups in total. The highest BCUT2D eigenvalue weighted by atomic mass is 35.5. The molecule has 5 aromatic rings. The Balaban J connectivity index is 1.63. The number of halogens is 1. The number of aliphatic imine (C=N–C) groups is 1. The highest BCUT2D eigenvalue weighted by molar-refractivity contribution is 6.30. The predicted octanol–water partition coefficient (Wildman–Crippen LogP) is 8.32. The zero-order chi connectivity index (χ0) is 29.1. The van der Waals surface area contributed by atoms with E-state index in [1.807, 2.05) is 80.6 Å². The van der Waals surface area contributed by atoms with E-state index in [9.17, 15) is 5.26 Å². The number of nitrogens with zero attached hydrogens (tertiary/aromatic N) is 3. The van der Waals surface area contributed by atoms with Crippen molar-refractivity contribution in [1.29, 1.82) is 5.26 Å². The topological polar surface area (TPSA) is 81.9 Å². The Kier molecular flexibility index (Phi) is 7.86. The summed E-state index contributed by atoms with van der Waals surface area (Å²) in [5, 5.41) is 10.9. The molecule has 2 heterocycles. The van der Waals surface area contributed by atoms with Gasteiger partial charge in [0.1, 0.15) is 34.6 Å². The van der Waals surface area contributed by atoms with Crippen molar-refractivity contribution in [1.82, 2.24) is 4.57 Å². The fourth-order valence-electron chi connectivity index (χ4n) is 4.85. The molecule has 0 aliphatic heterocycles. The summed E-state index contributed by atoms with van der Waals surface area (Å²) >= 11 is 6.31. The first kappa shape index (κ1) is 27.6. The first-order valence-electron chi connectivity index (χ1n) is 12.8. The van der Waals surface area contributed by atoms with E-state index in [0.29, 0.717) is 33.4 Å². The van der Waals surface area contributed by atoms with Gasteiger partial charge >= 0.3 is 0 Å². The molecule has 41 heavy (non-hydrogen) atoms. The summed E-state index contributed by atoms with van der Waals surface area (Å²) in [4.78, 5) is 4.68. The average Bonchev–Trinajstić information content (AvgIpc) is 3.51. The van der Waals surface area contributed by atoms with Crippen molar-refractivity contribution in [3.8, 4) is 51.5 Å². The lowest BCUT2D eigenvalue weighted by atomic mass is 9.98. The molecule has 0 radical (unpaired) electrons. The third kappa shape index (κ3) is 5.30. The second-order valence-corrected chi connectivity index (χ2v) is 9.73. The van der Waals surface area contributed by atoms with E-state index in [-0.39, 0.29) is 5.88 Å². The van der Waals surface area contributed by atoms with Gasteiger partial charge in [0.25, 0.3) is 0 Å². The van der Waals surface area contributed by atoms with Crippen LogP contribution in [0.25, 0.3) is 28.1 Å². The fourth-order valence-corrected chi connectivity index (χ4v) is 5.01. The number of nitriles is 1. The Morgan fingerprint density at radius 2 is 1.49 bits per heavy atom. The van der Waals surface area contributed by atoms with Gasteiger partial charge < -0.3 is 23.2 Å². The highest BCUT2D eigenvalue weighted by Crippen LogP contribution is 2.43. The standard InChI is InChI=1S/C33H28ClN3O4/c1-20-16-24(21(2)37(20)29-17-25(34)10-15-30(29)40-5)19-36-33-28(18-35)31(22-6-11-26(38-3)12-7-22)32(41-33)23-8-13-27(39-4)14-9-23/h6-17,19H,1-5H3. The summed E-state index contributed by atoms with van der Waals surface area (Å²) in [6.07, 6.45) is 1.71. The molecule has 2 aromatic heterocycles. The number of aromatic nitrogens is 1. The maximum atomic E-state index is 10.3. The highest BCUT2D eigenvalue weighted by Gasteiger charge is 2.23. The van der Waals surface area contributed by atoms with Crippen LogP contribution in [0.5, 0.6) is 17.2 Å². The molecule has 0 atom stereocenters. The van der Waals surface area contributed by atoms with Gasteiger partial charge in [-0.2, -0.15) is 5.26 Å². The smallest absolute Gasteiger partial charge is 0.238 e. The van der Waals surface area contributed by atoms with Crippen LogP contribution in [0.2, 0.25) is 5.02 Å². The lowest BCUT2D eigenvalue weighted by Crippen LogP contribution is -2.02. The quantitative estimate of drug-likeness (QED) is 0.177. The van der Waals surface area contributed by atoms with Crippen molar-refractivity contribution in [3.05, 3.63) is 100 Å². The van der Waals surface area contributed by atoms with Crippen LogP contribution < -0.4 is 14.2 Å². The van der Waals surface area contributed by atoms with Crippen LogP contribution in [0.3, 0.4) is 0 Å².